The van der Waals surface area contributed by atoms with Crippen LogP contribution in [-0.2, 0) is 11.3 Å². The lowest BCUT2D eigenvalue weighted by Gasteiger charge is -2.16. The van der Waals surface area contributed by atoms with Crippen LogP contribution in [0.4, 0.5) is 5.82 Å². The molecule has 0 aliphatic carbocycles. The van der Waals surface area contributed by atoms with Crippen molar-refractivity contribution in [2.45, 2.75) is 13.5 Å². The number of rotatable bonds is 6. The maximum Gasteiger partial charge on any atom is 0.236 e. The highest BCUT2D eigenvalue weighted by Gasteiger charge is 2.16. The van der Waals surface area contributed by atoms with Crippen molar-refractivity contribution in [2.75, 3.05) is 25.0 Å². The topological polar surface area (TPSA) is 75.7 Å². The molecule has 6 heteroatoms. The van der Waals surface area contributed by atoms with Gasteiger partial charge in [0.1, 0.15) is 5.65 Å². The monoisotopic (exact) mass is 261 g/mol. The van der Waals surface area contributed by atoms with Crippen LogP contribution in [0.2, 0.25) is 0 Å². The fraction of sp³-hybridized carbons (Fsp3) is 0.385. The maximum absolute atomic E-state index is 11.1. The molecule has 6 nitrogen and oxygen atoms in total. The largest absolute Gasteiger partial charge is 0.368 e. The molecule has 2 heterocycles. The van der Waals surface area contributed by atoms with Crippen LogP contribution in [0, 0.1) is 0 Å². The van der Waals surface area contributed by atoms with Gasteiger partial charge < -0.3 is 20.4 Å². The molecule has 0 unspecified atom stereocenters. The van der Waals surface area contributed by atoms with E-state index in [1.807, 2.05) is 35.8 Å². The Kier molecular flexibility index (Phi) is 4.01. The lowest BCUT2D eigenvalue weighted by molar-refractivity contribution is -0.116. The van der Waals surface area contributed by atoms with Gasteiger partial charge in [-0.1, -0.05) is 13.0 Å². The molecule has 0 radical (unpaired) electrons. The minimum atomic E-state index is -0.367. The molecule has 2 rings (SSSR count). The molecule has 0 fully saturated rings. The van der Waals surface area contributed by atoms with Gasteiger partial charge in [0.15, 0.2) is 5.82 Å². The highest BCUT2D eigenvalue weighted by molar-refractivity contribution is 5.79. The first-order chi connectivity index (χ1) is 9.13. The zero-order valence-corrected chi connectivity index (χ0v) is 11.3. The predicted molar refractivity (Wildman–Crippen MR) is 75.0 cm³/mol. The maximum atomic E-state index is 11.1. The van der Waals surface area contributed by atoms with E-state index in [1.54, 1.807) is 4.90 Å². The molecule has 102 valence electrons. The molecule has 0 aliphatic rings. The molecule has 19 heavy (non-hydrogen) atoms. The van der Waals surface area contributed by atoms with E-state index in [0.717, 1.165) is 23.7 Å². The third-order valence-electron chi connectivity index (χ3n) is 2.90. The lowest BCUT2D eigenvalue weighted by Crippen LogP contribution is -2.31. The number of fused-ring (bicyclic) bond motifs is 1. The smallest absolute Gasteiger partial charge is 0.236 e. The van der Waals surface area contributed by atoms with Gasteiger partial charge in [-0.2, -0.15) is 0 Å². The van der Waals surface area contributed by atoms with Crippen molar-refractivity contribution in [2.24, 2.45) is 5.73 Å². The molecule has 0 bridgehead atoms. The first kappa shape index (κ1) is 13.4. The van der Waals surface area contributed by atoms with E-state index in [9.17, 15) is 4.79 Å². The third-order valence-corrected chi connectivity index (χ3v) is 2.90. The minimum absolute atomic E-state index is 0.156. The SMILES string of the molecule is CCNCc1c(N(C)CC(N)=O)nc2ccccn12. The summed E-state index contributed by atoms with van der Waals surface area (Å²) in [4.78, 5) is 17.4. The Labute approximate surface area is 112 Å². The second-order valence-corrected chi connectivity index (χ2v) is 4.41. The number of carbonyl (C=O) groups excluding carboxylic acids is 1. The van der Waals surface area contributed by atoms with Gasteiger partial charge in [-0.25, -0.2) is 4.98 Å². The predicted octanol–water partition coefficient (Wildman–Crippen LogP) is 0.365. The number of aromatic nitrogens is 2. The molecule has 0 atom stereocenters. The zero-order valence-electron chi connectivity index (χ0n) is 11.3. The van der Waals surface area contributed by atoms with Gasteiger partial charge in [-0.3, -0.25) is 4.79 Å². The number of nitrogens with one attached hydrogen (secondary N) is 1. The molecule has 0 saturated heterocycles. The van der Waals surface area contributed by atoms with Gasteiger partial charge >= 0.3 is 0 Å². The molecule has 2 aromatic rings. The molecule has 0 aromatic carbocycles. The number of pyridine rings is 1. The Morgan fingerprint density at radius 2 is 2.32 bits per heavy atom. The third kappa shape index (κ3) is 2.85. The molecular formula is C13H19N5O. The fourth-order valence-electron chi connectivity index (χ4n) is 2.06. The molecule has 0 spiro atoms. The first-order valence-corrected chi connectivity index (χ1v) is 6.29. The van der Waals surface area contributed by atoms with Crippen molar-refractivity contribution in [3.05, 3.63) is 30.1 Å². The number of imidazole rings is 1. The van der Waals surface area contributed by atoms with Crippen LogP contribution in [0.1, 0.15) is 12.6 Å². The van der Waals surface area contributed by atoms with Crippen molar-refractivity contribution in [3.8, 4) is 0 Å². The summed E-state index contributed by atoms with van der Waals surface area (Å²) >= 11 is 0. The van der Waals surface area contributed by atoms with Crippen LogP contribution < -0.4 is 16.0 Å². The van der Waals surface area contributed by atoms with E-state index < -0.39 is 0 Å². The summed E-state index contributed by atoms with van der Waals surface area (Å²) in [6.45, 7) is 3.78. The fourth-order valence-corrected chi connectivity index (χ4v) is 2.06. The summed E-state index contributed by atoms with van der Waals surface area (Å²) in [5.74, 6) is 0.417. The average Bonchev–Trinajstić information content (AvgIpc) is 2.74. The summed E-state index contributed by atoms with van der Waals surface area (Å²) in [6.07, 6.45) is 1.97. The second-order valence-electron chi connectivity index (χ2n) is 4.41. The van der Waals surface area contributed by atoms with Crippen LogP contribution in [0.5, 0.6) is 0 Å². The van der Waals surface area contributed by atoms with E-state index in [1.165, 1.54) is 0 Å². The molecule has 1 amide bonds. The van der Waals surface area contributed by atoms with Gasteiger partial charge in [0, 0.05) is 19.8 Å². The summed E-state index contributed by atoms with van der Waals surface area (Å²) in [6, 6.07) is 5.84. The summed E-state index contributed by atoms with van der Waals surface area (Å²) in [5, 5.41) is 3.29. The lowest BCUT2D eigenvalue weighted by atomic mass is 10.3. The number of nitrogens with two attached hydrogens (primary N) is 1. The molecular weight excluding hydrogens is 242 g/mol. The number of anilines is 1. The summed E-state index contributed by atoms with van der Waals surface area (Å²) in [5.41, 5.74) is 7.14. The van der Waals surface area contributed by atoms with Crippen LogP contribution in [0.15, 0.2) is 24.4 Å². The van der Waals surface area contributed by atoms with Crippen LogP contribution >= 0.6 is 0 Å². The summed E-state index contributed by atoms with van der Waals surface area (Å²) < 4.78 is 2.02. The van der Waals surface area contributed by atoms with E-state index >= 15 is 0 Å². The number of likely N-dealkylation sites (N-methyl/N-ethyl adjacent to an activating group) is 1. The standard InChI is InChI=1S/C13H19N5O/c1-3-15-8-10-13(17(2)9-11(14)19)16-12-6-4-5-7-18(10)12/h4-7,15H,3,8-9H2,1-2H3,(H2,14,19). The number of hydrogen-bond acceptors (Lipinski definition) is 4. The van der Waals surface area contributed by atoms with Gasteiger partial charge in [-0.05, 0) is 18.7 Å². The van der Waals surface area contributed by atoms with Gasteiger partial charge in [0.05, 0.1) is 12.2 Å². The van der Waals surface area contributed by atoms with Gasteiger partial charge in [-0.15, -0.1) is 0 Å². The molecule has 2 aromatic heterocycles. The van der Waals surface area contributed by atoms with E-state index in [-0.39, 0.29) is 12.5 Å². The van der Waals surface area contributed by atoms with E-state index in [2.05, 4.69) is 17.2 Å². The van der Waals surface area contributed by atoms with Crippen molar-refractivity contribution >= 4 is 17.4 Å². The Balaban J connectivity index is 2.42. The molecule has 0 saturated carbocycles. The molecule has 0 aliphatic heterocycles. The van der Waals surface area contributed by atoms with Crippen molar-refractivity contribution in [1.82, 2.24) is 14.7 Å². The van der Waals surface area contributed by atoms with Crippen molar-refractivity contribution in [3.63, 3.8) is 0 Å². The van der Waals surface area contributed by atoms with Gasteiger partial charge in [0.25, 0.3) is 0 Å². The van der Waals surface area contributed by atoms with E-state index in [0.29, 0.717) is 6.54 Å². The summed E-state index contributed by atoms with van der Waals surface area (Å²) in [7, 11) is 1.82. The first-order valence-electron chi connectivity index (χ1n) is 6.29. The van der Waals surface area contributed by atoms with Crippen LogP contribution in [-0.4, -0.2) is 35.4 Å². The average molecular weight is 261 g/mol. The highest BCUT2D eigenvalue weighted by Crippen LogP contribution is 2.20. The quantitative estimate of drug-likeness (QED) is 0.787. The minimum Gasteiger partial charge on any atom is -0.368 e. The number of carbonyl (C=O) groups is 1. The number of hydrogen-bond donors (Lipinski definition) is 2. The van der Waals surface area contributed by atoms with Gasteiger partial charge in [0.2, 0.25) is 5.91 Å². The Hall–Kier alpha value is -2.08. The Morgan fingerprint density at radius 3 is 3.00 bits per heavy atom. The number of primary amides is 1. The highest BCUT2D eigenvalue weighted by atomic mass is 16.1. The van der Waals surface area contributed by atoms with E-state index in [4.69, 9.17) is 5.73 Å². The Morgan fingerprint density at radius 1 is 1.53 bits per heavy atom. The van der Waals surface area contributed by atoms with Crippen LogP contribution in [0.3, 0.4) is 0 Å². The normalized spacial score (nSPS) is 10.8. The van der Waals surface area contributed by atoms with Crippen LogP contribution in [0.25, 0.3) is 5.65 Å². The van der Waals surface area contributed by atoms with Crippen molar-refractivity contribution < 1.29 is 4.79 Å². The second kappa shape index (κ2) is 5.71. The number of nitrogens with zero attached hydrogens (tertiary/aromatic N) is 3. The Bertz CT molecular complexity index is 577. The van der Waals surface area contributed by atoms with Crippen molar-refractivity contribution in [1.29, 1.82) is 0 Å². The zero-order chi connectivity index (χ0) is 13.8. The number of amides is 1. The molecule has 3 N–H and O–H groups in total.